The van der Waals surface area contributed by atoms with Crippen LogP contribution in [0.15, 0.2) is 17.5 Å². The number of hydrogen-bond acceptors (Lipinski definition) is 6. The Labute approximate surface area is 160 Å². The molecule has 2 aliphatic rings. The minimum absolute atomic E-state index is 0.124. The Morgan fingerprint density at radius 1 is 1.58 bits per heavy atom. The quantitative estimate of drug-likeness (QED) is 0.607. The first kappa shape index (κ1) is 19.6. The van der Waals surface area contributed by atoms with Gasteiger partial charge in [0.05, 0.1) is 30.6 Å². The van der Waals surface area contributed by atoms with Crippen molar-refractivity contribution in [2.45, 2.75) is 11.1 Å². The molecule has 12 heteroatoms. The molecule has 0 bridgehead atoms. The summed E-state index contributed by atoms with van der Waals surface area (Å²) in [5, 5.41) is 19.1. The Bertz CT molecular complexity index is 823. The molecule has 1 saturated heterocycles. The molecule has 2 amide bonds. The van der Waals surface area contributed by atoms with Crippen molar-refractivity contribution in [1.29, 1.82) is 0 Å². The van der Waals surface area contributed by atoms with E-state index in [4.69, 9.17) is 4.18 Å². The number of thiophene rings is 1. The van der Waals surface area contributed by atoms with E-state index >= 15 is 0 Å². The maximum Gasteiger partial charge on any atom is 0.378 e. The van der Waals surface area contributed by atoms with E-state index in [0.717, 1.165) is 4.88 Å². The van der Waals surface area contributed by atoms with Crippen LogP contribution in [0.25, 0.3) is 0 Å². The van der Waals surface area contributed by atoms with Crippen LogP contribution >= 0.6 is 43.0 Å². The van der Waals surface area contributed by atoms with E-state index in [1.807, 2.05) is 17.5 Å². The molecule has 144 valence electrons. The van der Waals surface area contributed by atoms with Gasteiger partial charge < -0.3 is 14.4 Å². The van der Waals surface area contributed by atoms with Gasteiger partial charge in [0.1, 0.15) is 0 Å². The summed E-state index contributed by atoms with van der Waals surface area (Å²) in [6, 6.07) is 3.66. The number of hydrogen-bond donors (Lipinski definition) is 3. The van der Waals surface area contributed by atoms with Gasteiger partial charge in [-0.15, -0.1) is 11.3 Å². The summed E-state index contributed by atoms with van der Waals surface area (Å²) >= 11 is 1.44. The minimum Gasteiger partial charge on any atom is -0.472 e. The number of nitrogens with zero attached hydrogens (tertiary/aromatic N) is 1. The van der Waals surface area contributed by atoms with Crippen LogP contribution in [-0.2, 0) is 15.4 Å². The monoisotopic (exact) mass is 438 g/mol. The zero-order valence-corrected chi connectivity index (χ0v) is 17.0. The summed E-state index contributed by atoms with van der Waals surface area (Å²) in [4.78, 5) is 38.2. The standard InChI is InChI=1S/C14H18N2O6S4/c1-22-26(15-11(18)6-9-4-3-5-23-9)12(19)16-13(26)24(2)8-10(7-17)25(16)14(20)21/h3-5,13,17H,2,6-8H2,1H3,(H,15,18)(H,20,21)/t13-,24?,25?/m0/s1. The van der Waals surface area contributed by atoms with Gasteiger partial charge in [-0.3, -0.25) is 14.3 Å². The van der Waals surface area contributed by atoms with Crippen molar-refractivity contribution in [3.63, 3.8) is 0 Å². The fourth-order valence-electron chi connectivity index (χ4n) is 2.73. The topological polar surface area (TPSA) is 116 Å². The number of aliphatic hydroxyl groups is 1. The molecular formula is C14H18N2O6S4. The summed E-state index contributed by atoms with van der Waals surface area (Å²) in [6.45, 7) is -0.412. The summed E-state index contributed by atoms with van der Waals surface area (Å²) in [5.74, 6) is 3.98. The van der Waals surface area contributed by atoms with Gasteiger partial charge in [-0.2, -0.15) is 10.5 Å². The second kappa shape index (κ2) is 7.44. The van der Waals surface area contributed by atoms with Crippen LogP contribution in [-0.4, -0.2) is 65.9 Å². The second-order valence-corrected chi connectivity index (χ2v) is 12.9. The summed E-state index contributed by atoms with van der Waals surface area (Å²) < 4.78 is 8.84. The highest BCUT2D eigenvalue weighted by molar-refractivity contribution is 8.52. The zero-order chi connectivity index (χ0) is 19.1. The van der Waals surface area contributed by atoms with Crippen molar-refractivity contribution < 1.29 is 28.8 Å². The third kappa shape index (κ3) is 3.04. The van der Waals surface area contributed by atoms with E-state index in [1.165, 1.54) is 22.8 Å². The molecule has 26 heavy (non-hydrogen) atoms. The van der Waals surface area contributed by atoms with Crippen LogP contribution in [0.3, 0.4) is 0 Å². The average molecular weight is 439 g/mol. The molecule has 4 atom stereocenters. The number of rotatable bonds is 5. The second-order valence-electron chi connectivity index (χ2n) is 5.38. The van der Waals surface area contributed by atoms with Crippen LogP contribution in [0.4, 0.5) is 9.59 Å². The smallest absolute Gasteiger partial charge is 0.378 e. The third-order valence-corrected chi connectivity index (χ3v) is 12.8. The maximum absolute atomic E-state index is 12.9. The van der Waals surface area contributed by atoms with Crippen LogP contribution in [0.5, 0.6) is 0 Å². The first-order chi connectivity index (χ1) is 12.4. The summed E-state index contributed by atoms with van der Waals surface area (Å²) in [5.41, 5.74) is 0. The molecule has 0 radical (unpaired) electrons. The van der Waals surface area contributed by atoms with E-state index in [1.54, 1.807) is 0 Å². The lowest BCUT2D eigenvalue weighted by atomic mass is 10.3. The highest BCUT2D eigenvalue weighted by atomic mass is 32.3. The Morgan fingerprint density at radius 3 is 2.85 bits per heavy atom. The lowest BCUT2D eigenvalue weighted by Gasteiger charge is -2.59. The number of fused-ring (bicyclic) bond motifs is 1. The summed E-state index contributed by atoms with van der Waals surface area (Å²) in [6.07, 6.45) is 0.124. The van der Waals surface area contributed by atoms with Crippen LogP contribution in [0.1, 0.15) is 4.88 Å². The van der Waals surface area contributed by atoms with Crippen LogP contribution < -0.4 is 4.72 Å². The predicted octanol–water partition coefficient (Wildman–Crippen LogP) is 2.15. The van der Waals surface area contributed by atoms with Crippen LogP contribution in [0, 0.1) is 0 Å². The number of amides is 2. The Morgan fingerprint density at radius 2 is 2.31 bits per heavy atom. The van der Waals surface area contributed by atoms with Gasteiger partial charge in [-0.1, -0.05) is 11.9 Å². The minimum atomic E-state index is -2.67. The molecule has 0 spiro atoms. The molecule has 1 fully saturated rings. The fourth-order valence-corrected chi connectivity index (χ4v) is 12.5. The zero-order valence-electron chi connectivity index (χ0n) is 13.7. The largest absolute Gasteiger partial charge is 0.472 e. The molecule has 1 aromatic heterocycles. The van der Waals surface area contributed by atoms with Crippen molar-refractivity contribution in [3.8, 4) is 0 Å². The van der Waals surface area contributed by atoms with Gasteiger partial charge in [-0.25, -0.2) is 9.10 Å². The number of carbonyl (C=O) groups is 3. The van der Waals surface area contributed by atoms with E-state index in [-0.39, 0.29) is 12.3 Å². The third-order valence-electron chi connectivity index (χ3n) is 3.80. The molecular weight excluding hydrogens is 420 g/mol. The molecule has 3 rings (SSSR count). The van der Waals surface area contributed by atoms with Crippen molar-refractivity contribution in [2.75, 3.05) is 19.5 Å². The molecule has 0 saturated carbocycles. The first-order valence-electron chi connectivity index (χ1n) is 7.32. The predicted molar refractivity (Wildman–Crippen MR) is 109 cm³/mol. The van der Waals surface area contributed by atoms with E-state index in [0.29, 0.717) is 10.6 Å². The highest BCUT2D eigenvalue weighted by Gasteiger charge is 2.63. The lowest BCUT2D eigenvalue weighted by molar-refractivity contribution is -0.118. The van der Waals surface area contributed by atoms with Gasteiger partial charge >= 0.3 is 10.5 Å². The molecule has 3 N–H and O–H groups in total. The number of aliphatic hydroxyl groups excluding tert-OH is 1. The van der Waals surface area contributed by atoms with E-state index in [9.17, 15) is 24.6 Å². The van der Waals surface area contributed by atoms with E-state index < -0.39 is 53.5 Å². The van der Waals surface area contributed by atoms with Gasteiger partial charge in [-0.05, 0) is 11.4 Å². The summed E-state index contributed by atoms with van der Waals surface area (Å²) in [7, 11) is -3.56. The van der Waals surface area contributed by atoms with Crippen molar-refractivity contribution in [1.82, 2.24) is 9.03 Å². The van der Waals surface area contributed by atoms with Crippen molar-refractivity contribution >= 4 is 70.2 Å². The number of carbonyl (C=O) groups excluding carboxylic acids is 2. The maximum atomic E-state index is 12.9. The average Bonchev–Trinajstić information content (AvgIpc) is 3.10. The normalized spacial score (nSPS) is 33.0. The molecule has 1 aromatic rings. The molecule has 3 unspecified atom stereocenters. The fraction of sp³-hybridized carbons (Fsp3) is 0.357. The number of nitrogens with one attached hydrogen (secondary N) is 1. The first-order valence-corrected chi connectivity index (χ1v) is 12.6. The van der Waals surface area contributed by atoms with Crippen LogP contribution in [0.2, 0.25) is 0 Å². The van der Waals surface area contributed by atoms with Gasteiger partial charge in [0.25, 0.3) is 0 Å². The Hall–Kier alpha value is -1.18. The highest BCUT2D eigenvalue weighted by Crippen LogP contribution is 2.71. The number of carboxylic acid groups (broad SMARTS) is 1. The van der Waals surface area contributed by atoms with E-state index in [2.05, 4.69) is 10.6 Å². The SMILES string of the molecule is C=S1CC(CO)=S(C(=O)O)N2C(=O)S(NC(=O)Cc3cccs3)(OC)[C@@H]21. The Balaban J connectivity index is 1.90. The molecule has 0 aromatic carbocycles. The molecule has 3 heterocycles. The molecule has 0 aliphatic carbocycles. The lowest BCUT2D eigenvalue weighted by Crippen LogP contribution is -2.62. The van der Waals surface area contributed by atoms with Crippen molar-refractivity contribution in [3.05, 3.63) is 22.4 Å². The Kier molecular flexibility index (Phi) is 5.61. The molecule has 8 nitrogen and oxygen atoms in total. The van der Waals surface area contributed by atoms with Gasteiger partial charge in [0.15, 0.2) is 4.71 Å². The van der Waals surface area contributed by atoms with Crippen molar-refractivity contribution in [2.24, 2.45) is 0 Å². The van der Waals surface area contributed by atoms with Gasteiger partial charge in [0, 0.05) is 26.2 Å². The van der Waals surface area contributed by atoms with Gasteiger partial charge in [0.2, 0.25) is 5.91 Å². The molecule has 2 aliphatic heterocycles.